The van der Waals surface area contributed by atoms with E-state index in [0.29, 0.717) is 18.5 Å². The maximum Gasteiger partial charge on any atom is 0.387 e. The number of alkyl halides is 2. The average Bonchev–Trinajstić information content (AvgIpc) is 3.00. The lowest BCUT2D eigenvalue weighted by Crippen LogP contribution is -2.27. The molecule has 2 unspecified atom stereocenters. The molecule has 1 heterocycles. The monoisotopic (exact) mass is 327 g/mol. The van der Waals surface area contributed by atoms with Crippen molar-refractivity contribution in [3.05, 3.63) is 52.2 Å². The molecule has 3 nitrogen and oxygen atoms in total. The quantitative estimate of drug-likeness (QED) is 0.771. The first kappa shape index (κ1) is 16.9. The largest absolute Gasteiger partial charge is 0.434 e. The summed E-state index contributed by atoms with van der Waals surface area (Å²) in [5, 5.41) is 15.2. The van der Waals surface area contributed by atoms with Crippen LogP contribution in [0.1, 0.15) is 29.9 Å². The van der Waals surface area contributed by atoms with Crippen LogP contribution in [0.5, 0.6) is 5.75 Å². The smallest absolute Gasteiger partial charge is 0.387 e. The molecule has 0 bridgehead atoms. The molecule has 0 aliphatic heterocycles. The lowest BCUT2D eigenvalue weighted by atomic mass is 10.1. The van der Waals surface area contributed by atoms with Gasteiger partial charge >= 0.3 is 6.61 Å². The lowest BCUT2D eigenvalue weighted by molar-refractivity contribution is -0.0505. The maximum absolute atomic E-state index is 12.4. The number of aliphatic hydroxyl groups excluding tert-OH is 1. The number of thiophene rings is 1. The summed E-state index contributed by atoms with van der Waals surface area (Å²) in [6.07, 6.45) is 0.0355. The number of benzene rings is 1. The standard InChI is InChI=1S/C16H19F2NO2S/c1-11(9-13(20)15-7-4-8-22-15)19-10-12-5-2-3-6-14(12)21-16(17)18/h2-8,11,13,16,19-20H,9-10H2,1H3. The van der Waals surface area contributed by atoms with Crippen molar-refractivity contribution in [2.24, 2.45) is 0 Å². The third-order valence-corrected chi connectivity index (χ3v) is 4.25. The number of ether oxygens (including phenoxy) is 1. The second-order valence-corrected chi connectivity index (χ2v) is 6.01. The third kappa shape index (κ3) is 5.05. The van der Waals surface area contributed by atoms with Gasteiger partial charge in [0.15, 0.2) is 0 Å². The second kappa shape index (κ2) is 8.22. The minimum absolute atomic E-state index is 0.0386. The van der Waals surface area contributed by atoms with Gasteiger partial charge in [0.05, 0.1) is 6.10 Å². The number of hydrogen-bond acceptors (Lipinski definition) is 4. The van der Waals surface area contributed by atoms with E-state index in [1.54, 1.807) is 18.2 Å². The Morgan fingerprint density at radius 1 is 1.23 bits per heavy atom. The predicted molar refractivity (Wildman–Crippen MR) is 83.3 cm³/mol. The molecule has 0 aliphatic carbocycles. The molecule has 0 aliphatic rings. The fourth-order valence-corrected chi connectivity index (χ4v) is 2.88. The van der Waals surface area contributed by atoms with Gasteiger partial charge in [-0.3, -0.25) is 0 Å². The molecule has 0 saturated carbocycles. The molecular formula is C16H19F2NO2S. The molecule has 22 heavy (non-hydrogen) atoms. The van der Waals surface area contributed by atoms with E-state index in [4.69, 9.17) is 0 Å². The Balaban J connectivity index is 1.87. The summed E-state index contributed by atoms with van der Waals surface area (Å²) >= 11 is 1.52. The first-order chi connectivity index (χ1) is 10.6. The number of rotatable bonds is 8. The van der Waals surface area contributed by atoms with Gasteiger partial charge in [0.25, 0.3) is 0 Å². The zero-order valence-corrected chi connectivity index (χ0v) is 13.0. The van der Waals surface area contributed by atoms with Crippen LogP contribution in [0.15, 0.2) is 41.8 Å². The average molecular weight is 327 g/mol. The Hall–Kier alpha value is -1.50. The van der Waals surface area contributed by atoms with Gasteiger partial charge in [-0.1, -0.05) is 24.3 Å². The van der Waals surface area contributed by atoms with Crippen molar-refractivity contribution in [2.75, 3.05) is 0 Å². The van der Waals surface area contributed by atoms with Gasteiger partial charge in [-0.25, -0.2) is 0 Å². The maximum atomic E-state index is 12.4. The van der Waals surface area contributed by atoms with E-state index in [2.05, 4.69) is 10.1 Å². The highest BCUT2D eigenvalue weighted by Crippen LogP contribution is 2.24. The molecule has 2 atom stereocenters. The summed E-state index contributed by atoms with van der Waals surface area (Å²) in [6, 6.07) is 10.5. The van der Waals surface area contributed by atoms with E-state index in [9.17, 15) is 13.9 Å². The van der Waals surface area contributed by atoms with E-state index >= 15 is 0 Å². The number of aliphatic hydroxyl groups is 1. The number of nitrogens with one attached hydrogen (secondary N) is 1. The van der Waals surface area contributed by atoms with Crippen molar-refractivity contribution in [2.45, 2.75) is 38.6 Å². The molecule has 0 spiro atoms. The van der Waals surface area contributed by atoms with Crippen LogP contribution in [-0.4, -0.2) is 17.8 Å². The molecule has 0 amide bonds. The van der Waals surface area contributed by atoms with Gasteiger partial charge < -0.3 is 15.2 Å². The van der Waals surface area contributed by atoms with E-state index < -0.39 is 12.7 Å². The molecule has 120 valence electrons. The highest BCUT2D eigenvalue weighted by atomic mass is 32.1. The van der Waals surface area contributed by atoms with Crippen molar-refractivity contribution in [3.8, 4) is 5.75 Å². The lowest BCUT2D eigenvalue weighted by Gasteiger charge is -2.18. The van der Waals surface area contributed by atoms with Crippen molar-refractivity contribution in [1.82, 2.24) is 5.32 Å². The van der Waals surface area contributed by atoms with E-state index in [-0.39, 0.29) is 11.8 Å². The Labute approximate surface area is 132 Å². The van der Waals surface area contributed by atoms with Gasteiger partial charge in [-0.05, 0) is 30.9 Å². The normalized spacial score (nSPS) is 14.0. The molecule has 2 N–H and O–H groups in total. The minimum atomic E-state index is -2.83. The summed E-state index contributed by atoms with van der Waals surface area (Å²) in [5.74, 6) is 0.177. The highest BCUT2D eigenvalue weighted by Gasteiger charge is 2.14. The Bertz CT molecular complexity index is 563. The molecule has 0 radical (unpaired) electrons. The van der Waals surface area contributed by atoms with Gasteiger partial charge in [-0.15, -0.1) is 11.3 Å². The van der Waals surface area contributed by atoms with Crippen molar-refractivity contribution in [1.29, 1.82) is 0 Å². The van der Waals surface area contributed by atoms with Crippen LogP contribution >= 0.6 is 11.3 Å². The fraction of sp³-hybridized carbons (Fsp3) is 0.375. The topological polar surface area (TPSA) is 41.5 Å². The van der Waals surface area contributed by atoms with Crippen LogP contribution in [0, 0.1) is 0 Å². The van der Waals surface area contributed by atoms with Gasteiger partial charge in [-0.2, -0.15) is 8.78 Å². The minimum Gasteiger partial charge on any atom is -0.434 e. The Morgan fingerprint density at radius 3 is 2.68 bits per heavy atom. The van der Waals surface area contributed by atoms with Gasteiger partial charge in [0.1, 0.15) is 5.75 Å². The summed E-state index contributed by atoms with van der Waals surface area (Å²) in [6.45, 7) is -0.478. The van der Waals surface area contributed by atoms with Gasteiger partial charge in [0, 0.05) is 23.0 Å². The molecule has 1 aromatic carbocycles. The fourth-order valence-electron chi connectivity index (χ4n) is 2.16. The van der Waals surface area contributed by atoms with Crippen LogP contribution in [0.2, 0.25) is 0 Å². The number of hydrogen-bond donors (Lipinski definition) is 2. The molecule has 2 aromatic rings. The number of para-hydroxylation sites is 1. The Kier molecular flexibility index (Phi) is 6.30. The summed E-state index contributed by atoms with van der Waals surface area (Å²) in [4.78, 5) is 0.926. The zero-order chi connectivity index (χ0) is 15.9. The molecule has 2 rings (SSSR count). The van der Waals surface area contributed by atoms with Crippen LogP contribution in [-0.2, 0) is 6.54 Å². The third-order valence-electron chi connectivity index (χ3n) is 3.28. The summed E-state index contributed by atoms with van der Waals surface area (Å²) in [5.41, 5.74) is 0.667. The SMILES string of the molecule is CC(CC(O)c1cccs1)NCc1ccccc1OC(F)F. The molecular weight excluding hydrogens is 308 g/mol. The van der Waals surface area contributed by atoms with E-state index in [0.717, 1.165) is 4.88 Å². The Morgan fingerprint density at radius 2 is 2.00 bits per heavy atom. The highest BCUT2D eigenvalue weighted by molar-refractivity contribution is 7.10. The van der Waals surface area contributed by atoms with Crippen molar-refractivity contribution < 1.29 is 18.6 Å². The molecule has 0 fully saturated rings. The van der Waals surface area contributed by atoms with Crippen LogP contribution in [0.3, 0.4) is 0 Å². The van der Waals surface area contributed by atoms with Crippen molar-refractivity contribution in [3.63, 3.8) is 0 Å². The molecule has 0 saturated heterocycles. The van der Waals surface area contributed by atoms with E-state index in [1.165, 1.54) is 17.4 Å². The summed E-state index contributed by atoms with van der Waals surface area (Å²) in [7, 11) is 0. The van der Waals surface area contributed by atoms with Crippen LogP contribution in [0.25, 0.3) is 0 Å². The van der Waals surface area contributed by atoms with Gasteiger partial charge in [0.2, 0.25) is 0 Å². The molecule has 1 aromatic heterocycles. The van der Waals surface area contributed by atoms with Crippen LogP contribution in [0.4, 0.5) is 8.78 Å². The van der Waals surface area contributed by atoms with E-state index in [1.807, 2.05) is 24.4 Å². The predicted octanol–water partition coefficient (Wildman–Crippen LogP) is 3.95. The zero-order valence-electron chi connectivity index (χ0n) is 12.2. The second-order valence-electron chi connectivity index (χ2n) is 5.04. The first-order valence-corrected chi connectivity index (χ1v) is 7.91. The summed E-state index contributed by atoms with van der Waals surface area (Å²) < 4.78 is 29.2. The number of halogens is 2. The van der Waals surface area contributed by atoms with Crippen molar-refractivity contribution >= 4 is 11.3 Å². The molecule has 6 heteroatoms. The van der Waals surface area contributed by atoms with Crippen LogP contribution < -0.4 is 10.1 Å². The first-order valence-electron chi connectivity index (χ1n) is 7.04.